The van der Waals surface area contributed by atoms with E-state index < -0.39 is 15.5 Å². The SMILES string of the molecule is C=CCC(C)c1cc(N=Nc2nncs2)c(NS(=O)(=O)C(F)(F)F)cc1N(C)CC. The summed E-state index contributed by atoms with van der Waals surface area (Å²) in [6, 6.07) is 2.85. The second-order valence-electron chi connectivity index (χ2n) is 6.34. The lowest BCUT2D eigenvalue weighted by molar-refractivity contribution is -0.0429. The third-order valence-corrected chi connectivity index (χ3v) is 5.89. The van der Waals surface area contributed by atoms with Crippen LogP contribution >= 0.6 is 11.3 Å². The number of allylic oxidation sites excluding steroid dienone is 1. The number of hydrogen-bond acceptors (Lipinski definition) is 8. The molecule has 0 spiro atoms. The van der Waals surface area contributed by atoms with E-state index in [1.54, 1.807) is 22.7 Å². The van der Waals surface area contributed by atoms with Gasteiger partial charge >= 0.3 is 15.5 Å². The van der Waals surface area contributed by atoms with Crippen molar-refractivity contribution in [1.82, 2.24) is 10.2 Å². The van der Waals surface area contributed by atoms with Crippen LogP contribution in [0.4, 0.5) is 35.4 Å². The number of hydrogen-bond donors (Lipinski definition) is 1. The Hall–Kier alpha value is -2.54. The fourth-order valence-corrected chi connectivity index (χ4v) is 3.48. The molecule has 2 rings (SSSR count). The number of anilines is 2. The Morgan fingerprint density at radius 3 is 2.60 bits per heavy atom. The number of azo groups is 1. The minimum absolute atomic E-state index is 0.0461. The maximum absolute atomic E-state index is 13.0. The molecule has 1 N–H and O–H groups in total. The molecule has 0 aliphatic carbocycles. The summed E-state index contributed by atoms with van der Waals surface area (Å²) in [6.45, 7) is 8.06. The van der Waals surface area contributed by atoms with E-state index in [0.29, 0.717) is 18.7 Å². The highest BCUT2D eigenvalue weighted by molar-refractivity contribution is 7.93. The highest BCUT2D eigenvalue weighted by atomic mass is 32.2. The van der Waals surface area contributed by atoms with E-state index in [1.807, 2.05) is 13.8 Å². The predicted octanol–water partition coefficient (Wildman–Crippen LogP) is 5.35. The van der Waals surface area contributed by atoms with Crippen LogP contribution in [0.3, 0.4) is 0 Å². The first-order chi connectivity index (χ1) is 14.0. The third kappa shape index (κ3) is 5.53. The van der Waals surface area contributed by atoms with Crippen LogP contribution in [-0.4, -0.2) is 37.7 Å². The van der Waals surface area contributed by atoms with Gasteiger partial charge in [-0.3, -0.25) is 4.72 Å². The van der Waals surface area contributed by atoms with Crippen molar-refractivity contribution in [1.29, 1.82) is 0 Å². The summed E-state index contributed by atoms with van der Waals surface area (Å²) < 4.78 is 63.9. The minimum Gasteiger partial charge on any atom is -0.375 e. The van der Waals surface area contributed by atoms with Gasteiger partial charge in [0.05, 0.1) is 5.69 Å². The largest absolute Gasteiger partial charge is 0.516 e. The maximum atomic E-state index is 13.0. The predicted molar refractivity (Wildman–Crippen MR) is 111 cm³/mol. The smallest absolute Gasteiger partial charge is 0.375 e. The molecule has 1 aromatic carbocycles. The molecule has 13 heteroatoms. The topological polar surface area (TPSA) is 99.9 Å². The number of halogens is 3. The first-order valence-corrected chi connectivity index (χ1v) is 11.1. The number of nitrogens with one attached hydrogen (secondary N) is 1. The van der Waals surface area contributed by atoms with Gasteiger partial charge in [-0.1, -0.05) is 24.3 Å². The Morgan fingerprint density at radius 1 is 1.37 bits per heavy atom. The Balaban J connectivity index is 2.67. The molecule has 2 aromatic rings. The molecule has 0 amide bonds. The standard InChI is InChI=1S/C17H21F3N6O2S2/c1-5-7-11(3)12-8-13(22-24-16-23-21-10-29-16)14(9-15(12)26(4)6-2)25-30(27,28)17(18,19)20/h5,8-11,25H,1,6-7H2,2-4H3. The van der Waals surface area contributed by atoms with Gasteiger partial charge in [0.25, 0.3) is 5.13 Å². The van der Waals surface area contributed by atoms with Gasteiger partial charge < -0.3 is 4.90 Å². The summed E-state index contributed by atoms with van der Waals surface area (Å²) in [5.41, 5.74) is -3.14. The lowest BCUT2D eigenvalue weighted by Gasteiger charge is -2.25. The van der Waals surface area contributed by atoms with Crippen molar-refractivity contribution in [2.24, 2.45) is 10.2 Å². The summed E-state index contributed by atoms with van der Waals surface area (Å²) in [7, 11) is -3.90. The van der Waals surface area contributed by atoms with Crippen LogP contribution < -0.4 is 9.62 Å². The Morgan fingerprint density at radius 2 is 2.07 bits per heavy atom. The quantitative estimate of drug-likeness (QED) is 0.400. The van der Waals surface area contributed by atoms with Crippen molar-refractivity contribution in [3.05, 3.63) is 35.9 Å². The van der Waals surface area contributed by atoms with Gasteiger partial charge in [0.2, 0.25) is 0 Å². The summed E-state index contributed by atoms with van der Waals surface area (Å²) in [4.78, 5) is 1.80. The molecule has 1 heterocycles. The molecule has 1 atom stereocenters. The summed E-state index contributed by atoms with van der Waals surface area (Å²) in [5, 5.41) is 15.3. The molecule has 0 fully saturated rings. The van der Waals surface area contributed by atoms with E-state index in [1.165, 1.54) is 17.6 Å². The summed E-state index contributed by atoms with van der Waals surface area (Å²) in [6.07, 6.45) is 2.33. The lowest BCUT2D eigenvalue weighted by atomic mass is 9.94. The van der Waals surface area contributed by atoms with Crippen molar-refractivity contribution in [3.8, 4) is 0 Å². The van der Waals surface area contributed by atoms with E-state index in [9.17, 15) is 21.6 Å². The second-order valence-corrected chi connectivity index (χ2v) is 8.83. The zero-order valence-corrected chi connectivity index (χ0v) is 18.1. The number of aromatic nitrogens is 2. The highest BCUT2D eigenvalue weighted by Crippen LogP contribution is 2.40. The van der Waals surface area contributed by atoms with Crippen LogP contribution in [0.5, 0.6) is 0 Å². The van der Waals surface area contributed by atoms with Gasteiger partial charge in [0.15, 0.2) is 0 Å². The Bertz CT molecular complexity index is 1010. The molecule has 0 bridgehead atoms. The van der Waals surface area contributed by atoms with Crippen molar-refractivity contribution < 1.29 is 21.6 Å². The van der Waals surface area contributed by atoms with Crippen LogP contribution in [0.15, 0.2) is 40.5 Å². The van der Waals surface area contributed by atoms with Gasteiger partial charge in [0.1, 0.15) is 11.2 Å². The first kappa shape index (κ1) is 23.7. The first-order valence-electron chi connectivity index (χ1n) is 8.77. The molecule has 164 valence electrons. The number of benzene rings is 1. The van der Waals surface area contributed by atoms with Crippen LogP contribution in [0.2, 0.25) is 0 Å². The highest BCUT2D eigenvalue weighted by Gasteiger charge is 2.46. The minimum atomic E-state index is -5.65. The molecular formula is C17H21F3N6O2S2. The monoisotopic (exact) mass is 462 g/mol. The zero-order valence-electron chi connectivity index (χ0n) is 16.5. The van der Waals surface area contributed by atoms with Gasteiger partial charge in [-0.05, 0) is 37.0 Å². The van der Waals surface area contributed by atoms with E-state index in [2.05, 4.69) is 27.0 Å². The van der Waals surface area contributed by atoms with E-state index in [0.717, 1.165) is 16.9 Å². The summed E-state index contributed by atoms with van der Waals surface area (Å²) in [5.74, 6) is -0.0461. The average Bonchev–Trinajstić information content (AvgIpc) is 3.18. The number of nitrogens with zero attached hydrogens (tertiary/aromatic N) is 5. The Kier molecular flexibility index (Phi) is 7.53. The van der Waals surface area contributed by atoms with E-state index in [4.69, 9.17) is 0 Å². The van der Waals surface area contributed by atoms with Crippen LogP contribution in [0.1, 0.15) is 31.7 Å². The zero-order chi connectivity index (χ0) is 22.5. The second kappa shape index (κ2) is 9.51. The molecule has 1 unspecified atom stereocenters. The Labute approximate surface area is 176 Å². The molecule has 1 aromatic heterocycles. The van der Waals surface area contributed by atoms with E-state index >= 15 is 0 Å². The molecule has 8 nitrogen and oxygen atoms in total. The summed E-state index contributed by atoms with van der Waals surface area (Å²) >= 11 is 1.07. The van der Waals surface area contributed by atoms with Gasteiger partial charge in [0, 0.05) is 19.3 Å². The molecular weight excluding hydrogens is 441 g/mol. The maximum Gasteiger partial charge on any atom is 0.516 e. The molecule has 0 aliphatic rings. The number of sulfonamides is 1. The third-order valence-electron chi connectivity index (χ3n) is 4.22. The fourth-order valence-electron chi connectivity index (χ4n) is 2.54. The van der Waals surface area contributed by atoms with Crippen molar-refractivity contribution in [2.45, 2.75) is 31.7 Å². The van der Waals surface area contributed by atoms with Crippen LogP contribution in [-0.2, 0) is 10.0 Å². The molecule has 0 aliphatic heterocycles. The molecule has 0 saturated carbocycles. The van der Waals surface area contributed by atoms with Crippen LogP contribution in [0.25, 0.3) is 0 Å². The molecule has 30 heavy (non-hydrogen) atoms. The number of rotatable bonds is 9. The van der Waals surface area contributed by atoms with Gasteiger partial charge in [-0.25, -0.2) is 0 Å². The number of alkyl halides is 3. The van der Waals surface area contributed by atoms with Crippen molar-refractivity contribution in [2.75, 3.05) is 23.2 Å². The lowest BCUT2D eigenvalue weighted by Crippen LogP contribution is -2.30. The average molecular weight is 463 g/mol. The van der Waals surface area contributed by atoms with Gasteiger partial charge in [-0.15, -0.1) is 27.0 Å². The normalized spacial score (nSPS) is 13.4. The van der Waals surface area contributed by atoms with E-state index in [-0.39, 0.29) is 22.4 Å². The molecule has 0 saturated heterocycles. The van der Waals surface area contributed by atoms with Crippen LogP contribution in [0, 0.1) is 0 Å². The van der Waals surface area contributed by atoms with Gasteiger partial charge in [-0.2, -0.15) is 21.6 Å². The molecule has 0 radical (unpaired) electrons. The van der Waals surface area contributed by atoms with Crippen molar-refractivity contribution in [3.63, 3.8) is 0 Å². The fraction of sp³-hybridized carbons (Fsp3) is 0.412. The van der Waals surface area contributed by atoms with Crippen molar-refractivity contribution >= 4 is 43.6 Å².